The lowest BCUT2D eigenvalue weighted by atomic mass is 10.2. The van der Waals surface area contributed by atoms with Crippen LogP contribution in [0.15, 0.2) is 12.1 Å². The maximum absolute atomic E-state index is 10.5. The summed E-state index contributed by atoms with van der Waals surface area (Å²) >= 11 is 0. The molecule has 0 aliphatic carbocycles. The molecule has 15 heavy (non-hydrogen) atoms. The number of hydrogen-bond donors (Lipinski definition) is 2. The molecule has 1 aromatic carbocycles. The third-order valence-corrected chi connectivity index (χ3v) is 1.76. The van der Waals surface area contributed by atoms with E-state index in [-0.39, 0.29) is 5.69 Å². The monoisotopic (exact) mass is 213 g/mol. The smallest absolute Gasteiger partial charge is 0.317 e. The van der Waals surface area contributed by atoms with Gasteiger partial charge in [0.25, 0.3) is 5.69 Å². The number of nitrogens with one attached hydrogen (secondary N) is 1. The van der Waals surface area contributed by atoms with Crippen LogP contribution in [0.5, 0.6) is 5.75 Å². The first kappa shape index (κ1) is 10.7. The lowest BCUT2D eigenvalue weighted by Crippen LogP contribution is -1.98. The Morgan fingerprint density at radius 3 is 2.13 bits per heavy atom. The lowest BCUT2D eigenvalue weighted by Gasteiger charge is -2.02. The van der Waals surface area contributed by atoms with Crippen LogP contribution in [0.1, 0.15) is 0 Å². The Hall–Kier alpha value is -2.38. The third kappa shape index (κ3) is 1.93. The van der Waals surface area contributed by atoms with Gasteiger partial charge in [0, 0.05) is 13.1 Å². The Balaban J connectivity index is 3.43. The van der Waals surface area contributed by atoms with Crippen LogP contribution in [-0.2, 0) is 0 Å². The second kappa shape index (κ2) is 3.78. The number of rotatable bonds is 3. The second-order valence-electron chi connectivity index (χ2n) is 2.62. The fourth-order valence-electron chi connectivity index (χ4n) is 1.06. The number of hydrogen-bond acceptors (Lipinski definition) is 6. The molecule has 0 atom stereocenters. The van der Waals surface area contributed by atoms with E-state index in [1.165, 1.54) is 7.05 Å². The molecular formula is C7H7N3O5. The highest BCUT2D eigenvalue weighted by molar-refractivity contribution is 5.69. The van der Waals surface area contributed by atoms with Gasteiger partial charge in [0.15, 0.2) is 5.75 Å². The maximum atomic E-state index is 10.5. The summed E-state index contributed by atoms with van der Waals surface area (Å²) in [6.07, 6.45) is 0. The Kier molecular flexibility index (Phi) is 2.70. The molecule has 8 heteroatoms. The van der Waals surface area contributed by atoms with E-state index in [9.17, 15) is 25.3 Å². The van der Waals surface area contributed by atoms with Crippen molar-refractivity contribution in [3.63, 3.8) is 0 Å². The summed E-state index contributed by atoms with van der Waals surface area (Å²) in [7, 11) is 1.41. The Morgan fingerprint density at radius 2 is 1.73 bits per heavy atom. The van der Waals surface area contributed by atoms with Crippen molar-refractivity contribution in [1.29, 1.82) is 0 Å². The van der Waals surface area contributed by atoms with E-state index in [0.717, 1.165) is 6.07 Å². The van der Waals surface area contributed by atoms with Crippen molar-refractivity contribution in [2.24, 2.45) is 0 Å². The average Bonchev–Trinajstić information content (AvgIpc) is 2.16. The zero-order chi connectivity index (χ0) is 11.6. The van der Waals surface area contributed by atoms with Gasteiger partial charge in [-0.15, -0.1) is 0 Å². The van der Waals surface area contributed by atoms with Gasteiger partial charge in [-0.3, -0.25) is 20.2 Å². The van der Waals surface area contributed by atoms with Crippen LogP contribution >= 0.6 is 0 Å². The number of phenolic OH excluding ortho intramolecular Hbond substituents is 1. The van der Waals surface area contributed by atoms with Crippen LogP contribution in [-0.4, -0.2) is 22.0 Å². The third-order valence-electron chi connectivity index (χ3n) is 1.76. The number of nitro benzene ring substituents is 2. The van der Waals surface area contributed by atoms with Gasteiger partial charge >= 0.3 is 5.69 Å². The summed E-state index contributed by atoms with van der Waals surface area (Å²) in [5, 5.41) is 32.6. The van der Waals surface area contributed by atoms with Crippen molar-refractivity contribution in [3.8, 4) is 5.75 Å². The zero-order valence-electron chi connectivity index (χ0n) is 7.63. The summed E-state index contributed by atoms with van der Waals surface area (Å²) in [5.41, 5.74) is -1.13. The zero-order valence-corrected chi connectivity index (χ0v) is 7.63. The summed E-state index contributed by atoms with van der Waals surface area (Å²) in [6.45, 7) is 0. The minimum atomic E-state index is -0.887. The molecule has 0 aliphatic rings. The molecule has 0 heterocycles. The number of anilines is 1. The minimum absolute atomic E-state index is 0.0168. The van der Waals surface area contributed by atoms with Crippen LogP contribution in [0.25, 0.3) is 0 Å². The molecule has 0 fully saturated rings. The van der Waals surface area contributed by atoms with Crippen LogP contribution in [0.3, 0.4) is 0 Å². The number of phenols is 1. The highest BCUT2D eigenvalue weighted by atomic mass is 16.6. The van der Waals surface area contributed by atoms with Crippen LogP contribution < -0.4 is 5.32 Å². The molecule has 0 bridgehead atoms. The Bertz CT molecular complexity index is 431. The highest BCUT2D eigenvalue weighted by Crippen LogP contribution is 2.36. The molecule has 0 aromatic heterocycles. The largest absolute Gasteiger partial charge is 0.502 e. The SMILES string of the molecule is CNc1cc(O)c([N+](=O)[O-])cc1[N+](=O)[O-]. The Morgan fingerprint density at radius 1 is 1.20 bits per heavy atom. The van der Waals surface area contributed by atoms with E-state index in [0.29, 0.717) is 6.07 Å². The van der Waals surface area contributed by atoms with Crippen LogP contribution in [0, 0.1) is 20.2 Å². The number of nitro groups is 2. The van der Waals surface area contributed by atoms with Gasteiger partial charge < -0.3 is 10.4 Å². The van der Waals surface area contributed by atoms with E-state index >= 15 is 0 Å². The van der Waals surface area contributed by atoms with Crippen molar-refractivity contribution < 1.29 is 15.0 Å². The lowest BCUT2D eigenvalue weighted by molar-refractivity contribution is -0.394. The molecule has 0 saturated heterocycles. The molecule has 0 spiro atoms. The number of aromatic hydroxyl groups is 1. The molecule has 80 valence electrons. The minimum Gasteiger partial charge on any atom is -0.502 e. The highest BCUT2D eigenvalue weighted by Gasteiger charge is 2.23. The fraction of sp³-hybridized carbons (Fsp3) is 0.143. The van der Waals surface area contributed by atoms with Gasteiger partial charge in [0.2, 0.25) is 0 Å². The first-order valence-electron chi connectivity index (χ1n) is 3.81. The molecule has 0 amide bonds. The van der Waals surface area contributed by atoms with Gasteiger partial charge in [0.1, 0.15) is 5.69 Å². The molecule has 1 rings (SSSR count). The standard InChI is InChI=1S/C7H7N3O5/c1-8-4-2-7(11)6(10(14)15)3-5(4)9(12)13/h2-3,8,11H,1H3. The predicted octanol–water partition coefficient (Wildman–Crippen LogP) is 1.25. The first-order valence-corrected chi connectivity index (χ1v) is 3.81. The van der Waals surface area contributed by atoms with E-state index in [2.05, 4.69) is 5.32 Å². The molecule has 0 radical (unpaired) electrons. The van der Waals surface area contributed by atoms with E-state index < -0.39 is 27.0 Å². The van der Waals surface area contributed by atoms with Gasteiger partial charge in [-0.05, 0) is 0 Å². The Labute approximate surface area is 83.4 Å². The van der Waals surface area contributed by atoms with Crippen molar-refractivity contribution in [2.75, 3.05) is 12.4 Å². The summed E-state index contributed by atoms with van der Waals surface area (Å²) < 4.78 is 0. The predicted molar refractivity (Wildman–Crippen MR) is 51.0 cm³/mol. The van der Waals surface area contributed by atoms with Gasteiger partial charge in [-0.1, -0.05) is 0 Å². The number of benzene rings is 1. The fourth-order valence-corrected chi connectivity index (χ4v) is 1.06. The van der Waals surface area contributed by atoms with E-state index in [1.54, 1.807) is 0 Å². The molecule has 0 unspecified atom stereocenters. The topological polar surface area (TPSA) is 119 Å². The molecule has 1 aromatic rings. The number of nitrogens with zero attached hydrogens (tertiary/aromatic N) is 2. The normalized spacial score (nSPS) is 9.67. The maximum Gasteiger partial charge on any atom is 0.317 e. The van der Waals surface area contributed by atoms with Crippen LogP contribution in [0.4, 0.5) is 17.1 Å². The molecule has 2 N–H and O–H groups in total. The van der Waals surface area contributed by atoms with Crippen molar-refractivity contribution in [3.05, 3.63) is 32.4 Å². The second-order valence-corrected chi connectivity index (χ2v) is 2.62. The quantitative estimate of drug-likeness (QED) is 0.576. The van der Waals surface area contributed by atoms with Gasteiger partial charge in [-0.25, -0.2) is 0 Å². The molecule has 0 saturated carbocycles. The van der Waals surface area contributed by atoms with Crippen molar-refractivity contribution >= 4 is 17.1 Å². The molecule has 8 nitrogen and oxygen atoms in total. The van der Waals surface area contributed by atoms with E-state index in [1.807, 2.05) is 0 Å². The van der Waals surface area contributed by atoms with Crippen molar-refractivity contribution in [1.82, 2.24) is 0 Å². The summed E-state index contributed by atoms with van der Waals surface area (Å²) in [6, 6.07) is 1.65. The summed E-state index contributed by atoms with van der Waals surface area (Å²) in [4.78, 5) is 19.3. The van der Waals surface area contributed by atoms with E-state index in [4.69, 9.17) is 0 Å². The average molecular weight is 213 g/mol. The van der Waals surface area contributed by atoms with Gasteiger partial charge in [0.05, 0.1) is 15.9 Å². The van der Waals surface area contributed by atoms with Gasteiger partial charge in [-0.2, -0.15) is 0 Å². The molecular weight excluding hydrogens is 206 g/mol. The van der Waals surface area contributed by atoms with Crippen LogP contribution in [0.2, 0.25) is 0 Å². The summed E-state index contributed by atoms with van der Waals surface area (Å²) in [5.74, 6) is -0.616. The van der Waals surface area contributed by atoms with Crippen molar-refractivity contribution in [2.45, 2.75) is 0 Å². The molecule has 0 aliphatic heterocycles. The first-order chi connectivity index (χ1) is 6.97.